The van der Waals surface area contributed by atoms with E-state index in [0.717, 1.165) is 16.7 Å². The number of hydrogen-bond acceptors (Lipinski definition) is 4. The first-order chi connectivity index (χ1) is 13.0. The summed E-state index contributed by atoms with van der Waals surface area (Å²) >= 11 is 6.74. The van der Waals surface area contributed by atoms with Crippen LogP contribution in [-0.4, -0.2) is 14.3 Å². The van der Waals surface area contributed by atoms with Crippen LogP contribution in [0.2, 0.25) is 5.02 Å². The number of imidazole rings is 1. The Morgan fingerprint density at radius 2 is 2.11 bits per heavy atom. The van der Waals surface area contributed by atoms with Crippen molar-refractivity contribution in [2.75, 3.05) is 0 Å². The van der Waals surface area contributed by atoms with Crippen LogP contribution >= 0.6 is 11.6 Å². The normalized spacial score (nSPS) is 11.0. The van der Waals surface area contributed by atoms with Gasteiger partial charge in [-0.1, -0.05) is 29.8 Å². The SMILES string of the molecule is Cc1c(Cc2cccc([N+](=O)[O-])c2)c(Cl)c2c(nc3ccccn32)c1C#N. The van der Waals surface area contributed by atoms with Gasteiger partial charge in [-0.15, -0.1) is 0 Å². The van der Waals surface area contributed by atoms with E-state index in [-0.39, 0.29) is 5.69 Å². The van der Waals surface area contributed by atoms with Crippen LogP contribution in [0.1, 0.15) is 22.3 Å². The fraction of sp³-hybridized carbons (Fsp3) is 0.100. The highest BCUT2D eigenvalue weighted by Crippen LogP contribution is 2.35. The minimum atomic E-state index is -0.424. The lowest BCUT2D eigenvalue weighted by Crippen LogP contribution is -2.00. The fourth-order valence-electron chi connectivity index (χ4n) is 3.35. The highest BCUT2D eigenvalue weighted by atomic mass is 35.5. The van der Waals surface area contributed by atoms with E-state index in [9.17, 15) is 15.4 Å². The van der Waals surface area contributed by atoms with Gasteiger partial charge in [-0.2, -0.15) is 5.26 Å². The summed E-state index contributed by atoms with van der Waals surface area (Å²) in [6.45, 7) is 1.83. The molecule has 27 heavy (non-hydrogen) atoms. The van der Waals surface area contributed by atoms with Gasteiger partial charge in [0.15, 0.2) is 0 Å². The zero-order valence-corrected chi connectivity index (χ0v) is 15.1. The maximum absolute atomic E-state index is 11.1. The molecule has 0 aliphatic rings. The Labute approximate surface area is 159 Å². The third-order valence-corrected chi connectivity index (χ3v) is 5.09. The van der Waals surface area contributed by atoms with Crippen LogP contribution in [0.25, 0.3) is 16.7 Å². The van der Waals surface area contributed by atoms with Crippen molar-refractivity contribution in [1.82, 2.24) is 9.38 Å². The Bertz CT molecular complexity index is 1270. The molecule has 2 heterocycles. The molecule has 0 aliphatic heterocycles. The topological polar surface area (TPSA) is 84.2 Å². The molecule has 0 unspecified atom stereocenters. The lowest BCUT2D eigenvalue weighted by atomic mass is 9.95. The second-order valence-corrected chi connectivity index (χ2v) is 6.62. The molecule has 6 nitrogen and oxygen atoms in total. The van der Waals surface area contributed by atoms with Gasteiger partial charge in [0.25, 0.3) is 5.69 Å². The second-order valence-electron chi connectivity index (χ2n) is 6.25. The molecule has 0 saturated carbocycles. The number of pyridine rings is 1. The molecule has 0 spiro atoms. The van der Waals surface area contributed by atoms with Crippen LogP contribution in [0.4, 0.5) is 5.69 Å². The average molecular weight is 377 g/mol. The summed E-state index contributed by atoms with van der Waals surface area (Å²) in [5.74, 6) is 0. The van der Waals surface area contributed by atoms with Crippen LogP contribution in [0, 0.1) is 28.4 Å². The summed E-state index contributed by atoms with van der Waals surface area (Å²) in [4.78, 5) is 15.2. The van der Waals surface area contributed by atoms with Crippen molar-refractivity contribution in [2.24, 2.45) is 0 Å². The number of fused-ring (bicyclic) bond motifs is 3. The van der Waals surface area contributed by atoms with Crippen molar-refractivity contribution >= 4 is 34.0 Å². The van der Waals surface area contributed by atoms with E-state index in [2.05, 4.69) is 11.1 Å². The van der Waals surface area contributed by atoms with E-state index < -0.39 is 4.92 Å². The van der Waals surface area contributed by atoms with Gasteiger partial charge in [-0.25, -0.2) is 4.98 Å². The van der Waals surface area contributed by atoms with E-state index in [0.29, 0.717) is 33.7 Å². The average Bonchev–Trinajstić information content (AvgIpc) is 3.05. The Hall–Kier alpha value is -3.43. The van der Waals surface area contributed by atoms with E-state index in [1.54, 1.807) is 6.07 Å². The maximum atomic E-state index is 11.1. The summed E-state index contributed by atoms with van der Waals surface area (Å²) in [6, 6.07) is 14.3. The third-order valence-electron chi connectivity index (χ3n) is 4.68. The molecule has 0 atom stereocenters. The minimum Gasteiger partial charge on any atom is -0.298 e. The lowest BCUT2D eigenvalue weighted by Gasteiger charge is -2.12. The van der Waals surface area contributed by atoms with Crippen LogP contribution in [-0.2, 0) is 6.42 Å². The summed E-state index contributed by atoms with van der Waals surface area (Å²) in [5.41, 5.74) is 4.71. The maximum Gasteiger partial charge on any atom is 0.269 e. The van der Waals surface area contributed by atoms with Gasteiger partial charge >= 0.3 is 0 Å². The molecule has 2 aromatic carbocycles. The van der Waals surface area contributed by atoms with E-state index in [4.69, 9.17) is 11.6 Å². The molecular weight excluding hydrogens is 364 g/mol. The van der Waals surface area contributed by atoms with Crippen molar-refractivity contribution in [2.45, 2.75) is 13.3 Å². The monoisotopic (exact) mass is 376 g/mol. The molecule has 0 radical (unpaired) electrons. The molecule has 0 aliphatic carbocycles. The zero-order chi connectivity index (χ0) is 19.1. The first-order valence-corrected chi connectivity index (χ1v) is 8.60. The van der Waals surface area contributed by atoms with Crippen molar-refractivity contribution in [1.29, 1.82) is 5.26 Å². The number of non-ortho nitro benzene ring substituents is 1. The van der Waals surface area contributed by atoms with Gasteiger partial charge in [0.2, 0.25) is 0 Å². The van der Waals surface area contributed by atoms with Gasteiger partial charge in [-0.05, 0) is 42.2 Å². The molecular formula is C20H13ClN4O2. The molecule has 0 saturated heterocycles. The summed E-state index contributed by atoms with van der Waals surface area (Å²) in [7, 11) is 0. The van der Waals surface area contributed by atoms with E-state index >= 15 is 0 Å². The van der Waals surface area contributed by atoms with Gasteiger partial charge in [0.05, 0.1) is 21.0 Å². The number of aromatic nitrogens is 2. The number of hydrogen-bond donors (Lipinski definition) is 0. The Kier molecular flexibility index (Phi) is 4.02. The third kappa shape index (κ3) is 2.69. The fourth-order valence-corrected chi connectivity index (χ4v) is 3.74. The van der Waals surface area contributed by atoms with E-state index in [1.807, 2.05) is 41.8 Å². The summed E-state index contributed by atoms with van der Waals surface area (Å²) in [5, 5.41) is 21.3. The number of nitro benzene ring substituents is 1. The molecule has 7 heteroatoms. The predicted octanol–water partition coefficient (Wildman–Crippen LogP) is 4.82. The smallest absolute Gasteiger partial charge is 0.269 e. The molecule has 132 valence electrons. The van der Waals surface area contributed by atoms with Crippen LogP contribution in [0.15, 0.2) is 48.7 Å². The number of nitro groups is 1. The number of benzene rings is 2. The zero-order valence-electron chi connectivity index (χ0n) is 14.3. The van der Waals surface area contributed by atoms with Crippen LogP contribution in [0.3, 0.4) is 0 Å². The van der Waals surface area contributed by atoms with Gasteiger partial charge in [0, 0.05) is 18.3 Å². The molecule has 0 N–H and O–H groups in total. The molecule has 0 bridgehead atoms. The highest BCUT2D eigenvalue weighted by Gasteiger charge is 2.21. The lowest BCUT2D eigenvalue weighted by molar-refractivity contribution is -0.384. The standard InChI is InChI=1S/C20H13ClN4O2/c1-12-15(10-13-5-4-6-14(9-13)25(26)27)18(21)20-19(16(12)11-22)23-17-7-2-3-8-24(17)20/h2-9H,10H2,1H3. The van der Waals surface area contributed by atoms with Gasteiger partial charge in [0.1, 0.15) is 17.2 Å². The Morgan fingerprint density at radius 1 is 1.30 bits per heavy atom. The largest absolute Gasteiger partial charge is 0.298 e. The molecule has 0 fully saturated rings. The molecule has 2 aromatic heterocycles. The predicted molar refractivity (Wildman–Crippen MR) is 103 cm³/mol. The first kappa shape index (κ1) is 17.0. The van der Waals surface area contributed by atoms with Crippen molar-refractivity contribution in [3.8, 4) is 6.07 Å². The van der Waals surface area contributed by atoms with Crippen molar-refractivity contribution < 1.29 is 4.92 Å². The Morgan fingerprint density at radius 3 is 2.85 bits per heavy atom. The van der Waals surface area contributed by atoms with Gasteiger partial charge < -0.3 is 0 Å². The van der Waals surface area contributed by atoms with Crippen molar-refractivity contribution in [3.05, 3.63) is 86.1 Å². The number of halogens is 1. The minimum absolute atomic E-state index is 0.0256. The number of nitrogens with zero attached hydrogens (tertiary/aromatic N) is 4. The van der Waals surface area contributed by atoms with Crippen LogP contribution in [0.5, 0.6) is 0 Å². The quantitative estimate of drug-likeness (QED) is 0.379. The first-order valence-electron chi connectivity index (χ1n) is 8.22. The van der Waals surface area contributed by atoms with Crippen LogP contribution < -0.4 is 0 Å². The summed E-state index contributed by atoms with van der Waals surface area (Å²) < 4.78 is 1.86. The Balaban J connectivity index is 1.98. The molecule has 0 amide bonds. The second kappa shape index (κ2) is 6.38. The molecule has 4 rings (SSSR count). The number of nitriles is 1. The summed E-state index contributed by atoms with van der Waals surface area (Å²) in [6.07, 6.45) is 2.24. The van der Waals surface area contributed by atoms with E-state index in [1.165, 1.54) is 12.1 Å². The molecule has 4 aromatic rings. The number of rotatable bonds is 3. The van der Waals surface area contributed by atoms with Gasteiger partial charge in [-0.3, -0.25) is 14.5 Å². The highest BCUT2D eigenvalue weighted by molar-refractivity contribution is 6.36. The van der Waals surface area contributed by atoms with Crippen molar-refractivity contribution in [3.63, 3.8) is 0 Å².